The minimum Gasteiger partial charge on any atom is -0.325 e. The van der Waals surface area contributed by atoms with Crippen LogP contribution in [0.25, 0.3) is 22.2 Å². The molecule has 1 saturated heterocycles. The minimum atomic E-state index is -0.445. The molecular weight excluding hydrogens is 450 g/mol. The highest BCUT2D eigenvalue weighted by Crippen LogP contribution is 2.46. The number of likely N-dealkylation sites (tertiary alicyclic amines) is 1. The summed E-state index contributed by atoms with van der Waals surface area (Å²) in [5.74, 6) is 0.873. The van der Waals surface area contributed by atoms with Gasteiger partial charge in [0.1, 0.15) is 5.69 Å². The van der Waals surface area contributed by atoms with Crippen molar-refractivity contribution in [2.75, 3.05) is 25.5 Å². The standard InChI is InChI=1S/C28H25N7O/c1-34-13-10-28(11-14-34)21-17-20(5-7-24(21)30-27(28)36)23-8-9-25-31-32-26(35(25)33-23)16-18-4-6-22-19(15-18)3-2-12-29-22/h2-9,12,15,17,26H,10-11,13-14,16H2,1H3/p+1. The zero-order chi connectivity index (χ0) is 24.3. The van der Waals surface area contributed by atoms with E-state index in [4.69, 9.17) is 5.10 Å². The van der Waals surface area contributed by atoms with E-state index >= 15 is 0 Å². The SMILES string of the molecule is CN1CCC2(CC1)C(=O)Nc1ccc(-c3ccc4[n+](n3)C(Cc3ccc5ncccc5c3)N=N4)cc12. The number of fused-ring (bicyclic) bond motifs is 4. The van der Waals surface area contributed by atoms with Crippen LogP contribution in [0.1, 0.15) is 30.1 Å². The van der Waals surface area contributed by atoms with E-state index in [0.717, 1.165) is 65.2 Å². The van der Waals surface area contributed by atoms with E-state index in [1.54, 1.807) is 0 Å². The molecule has 2 aromatic carbocycles. The summed E-state index contributed by atoms with van der Waals surface area (Å²) in [6.45, 7) is 1.83. The normalized spacial score (nSPS) is 20.0. The Morgan fingerprint density at radius 1 is 1.08 bits per heavy atom. The van der Waals surface area contributed by atoms with Crippen LogP contribution < -0.4 is 10.00 Å². The Morgan fingerprint density at radius 3 is 2.86 bits per heavy atom. The fourth-order valence-electron chi connectivity index (χ4n) is 5.72. The van der Waals surface area contributed by atoms with E-state index in [1.807, 2.05) is 47.3 Å². The summed E-state index contributed by atoms with van der Waals surface area (Å²) in [6, 6.07) is 20.5. The van der Waals surface area contributed by atoms with Crippen LogP contribution in [0.3, 0.4) is 0 Å². The number of piperidine rings is 1. The molecule has 1 fully saturated rings. The molecular formula is C28H26N7O+. The number of amides is 1. The van der Waals surface area contributed by atoms with Crippen LogP contribution in [0.15, 0.2) is 77.1 Å². The van der Waals surface area contributed by atoms with E-state index in [2.05, 4.69) is 56.7 Å². The Labute approximate surface area is 208 Å². The number of anilines is 1. The molecule has 4 aromatic rings. The van der Waals surface area contributed by atoms with Gasteiger partial charge in [0.05, 0.1) is 16.0 Å². The zero-order valence-corrected chi connectivity index (χ0v) is 20.1. The number of hydrogen-bond donors (Lipinski definition) is 1. The Bertz CT molecular complexity index is 1560. The summed E-state index contributed by atoms with van der Waals surface area (Å²) < 4.78 is 1.91. The summed E-state index contributed by atoms with van der Waals surface area (Å²) in [5.41, 5.74) is 5.58. The van der Waals surface area contributed by atoms with Crippen molar-refractivity contribution in [2.24, 2.45) is 10.2 Å². The van der Waals surface area contributed by atoms with Gasteiger partial charge in [0.25, 0.3) is 6.17 Å². The second-order valence-electron chi connectivity index (χ2n) is 10.1. The lowest BCUT2D eigenvalue weighted by Crippen LogP contribution is -2.45. The largest absolute Gasteiger partial charge is 0.372 e. The molecule has 8 heteroatoms. The van der Waals surface area contributed by atoms with Crippen LogP contribution in [0.2, 0.25) is 0 Å². The first kappa shape index (κ1) is 21.3. The van der Waals surface area contributed by atoms with Crippen molar-refractivity contribution < 1.29 is 9.48 Å². The van der Waals surface area contributed by atoms with Gasteiger partial charge < -0.3 is 10.2 Å². The average Bonchev–Trinajstić information content (AvgIpc) is 3.43. The van der Waals surface area contributed by atoms with Crippen molar-refractivity contribution >= 4 is 28.3 Å². The van der Waals surface area contributed by atoms with E-state index in [0.29, 0.717) is 6.42 Å². The minimum absolute atomic E-state index is 0.127. The second-order valence-corrected chi connectivity index (χ2v) is 10.1. The summed E-state index contributed by atoms with van der Waals surface area (Å²) in [4.78, 5) is 19.7. The van der Waals surface area contributed by atoms with Gasteiger partial charge in [-0.3, -0.25) is 9.78 Å². The maximum atomic E-state index is 13.0. The van der Waals surface area contributed by atoms with Gasteiger partial charge >= 0.3 is 5.82 Å². The van der Waals surface area contributed by atoms with Crippen molar-refractivity contribution in [2.45, 2.75) is 30.8 Å². The van der Waals surface area contributed by atoms with Gasteiger partial charge in [-0.2, -0.15) is 0 Å². The van der Waals surface area contributed by atoms with Crippen LogP contribution in [-0.4, -0.2) is 41.0 Å². The van der Waals surface area contributed by atoms with Crippen molar-refractivity contribution in [3.8, 4) is 11.3 Å². The predicted octanol–water partition coefficient (Wildman–Crippen LogP) is 4.34. The third kappa shape index (κ3) is 3.32. The van der Waals surface area contributed by atoms with Crippen LogP contribution in [0.4, 0.5) is 11.5 Å². The number of hydrogen-bond acceptors (Lipinski definition) is 6. The molecule has 8 nitrogen and oxygen atoms in total. The fourth-order valence-corrected chi connectivity index (χ4v) is 5.72. The highest BCUT2D eigenvalue weighted by Gasteiger charge is 2.48. The lowest BCUT2D eigenvalue weighted by Gasteiger charge is -2.36. The Balaban J connectivity index is 1.21. The predicted molar refractivity (Wildman–Crippen MR) is 136 cm³/mol. The number of carbonyl (C=O) groups is 1. The molecule has 7 rings (SSSR count). The van der Waals surface area contributed by atoms with E-state index in [9.17, 15) is 4.79 Å². The summed E-state index contributed by atoms with van der Waals surface area (Å²) >= 11 is 0. The first-order chi connectivity index (χ1) is 17.6. The molecule has 0 bridgehead atoms. The molecule has 1 N–H and O–H groups in total. The molecule has 0 saturated carbocycles. The number of pyridine rings is 1. The highest BCUT2D eigenvalue weighted by molar-refractivity contribution is 6.06. The van der Waals surface area contributed by atoms with E-state index in [1.165, 1.54) is 5.56 Å². The maximum Gasteiger partial charge on any atom is 0.372 e. The van der Waals surface area contributed by atoms with Gasteiger partial charge in [-0.25, -0.2) is 0 Å². The van der Waals surface area contributed by atoms with Crippen LogP contribution in [-0.2, 0) is 16.6 Å². The number of azo groups is 1. The molecule has 1 amide bonds. The number of rotatable bonds is 3. The van der Waals surface area contributed by atoms with E-state index < -0.39 is 5.41 Å². The Kier molecular flexibility index (Phi) is 4.72. The second kappa shape index (κ2) is 7.99. The molecule has 1 spiro atoms. The number of nitrogens with one attached hydrogen (secondary N) is 1. The molecule has 5 heterocycles. The fraction of sp³-hybridized carbons (Fsp3) is 0.286. The topological polar surface area (TPSA) is 86.7 Å². The van der Waals surface area contributed by atoms with Gasteiger partial charge in [-0.1, -0.05) is 28.0 Å². The molecule has 36 heavy (non-hydrogen) atoms. The number of nitrogens with zero attached hydrogens (tertiary/aromatic N) is 6. The zero-order valence-electron chi connectivity index (χ0n) is 20.1. The van der Waals surface area contributed by atoms with Gasteiger partial charge in [-0.05, 0) is 85.6 Å². The summed E-state index contributed by atoms with van der Waals surface area (Å²) in [7, 11) is 2.12. The molecule has 0 aliphatic carbocycles. The molecule has 3 aliphatic heterocycles. The average molecular weight is 477 g/mol. The van der Waals surface area contributed by atoms with Crippen LogP contribution >= 0.6 is 0 Å². The lowest BCUT2D eigenvalue weighted by molar-refractivity contribution is -0.756. The quantitative estimate of drug-likeness (QED) is 0.446. The number of carbonyl (C=O) groups excluding carboxylic acids is 1. The van der Waals surface area contributed by atoms with Crippen molar-refractivity contribution in [1.82, 2.24) is 15.0 Å². The molecule has 0 radical (unpaired) electrons. The van der Waals surface area contributed by atoms with E-state index in [-0.39, 0.29) is 12.1 Å². The van der Waals surface area contributed by atoms with Gasteiger partial charge in [0.2, 0.25) is 5.91 Å². The lowest BCUT2D eigenvalue weighted by atomic mass is 9.73. The highest BCUT2D eigenvalue weighted by atomic mass is 16.2. The third-order valence-electron chi connectivity index (χ3n) is 7.86. The monoisotopic (exact) mass is 476 g/mol. The van der Waals surface area contributed by atoms with Gasteiger partial charge in [0.15, 0.2) is 0 Å². The van der Waals surface area contributed by atoms with Crippen LogP contribution in [0, 0.1) is 0 Å². The molecule has 3 aliphatic rings. The van der Waals surface area contributed by atoms with Crippen molar-refractivity contribution in [3.63, 3.8) is 0 Å². The van der Waals surface area contributed by atoms with Crippen molar-refractivity contribution in [3.05, 3.63) is 78.0 Å². The first-order valence-corrected chi connectivity index (χ1v) is 12.4. The van der Waals surface area contributed by atoms with Crippen molar-refractivity contribution in [1.29, 1.82) is 0 Å². The molecule has 1 unspecified atom stereocenters. The summed E-state index contributed by atoms with van der Waals surface area (Å²) in [6.07, 6.45) is 3.97. The molecule has 1 atom stereocenters. The van der Waals surface area contributed by atoms with Crippen LogP contribution in [0.5, 0.6) is 0 Å². The Morgan fingerprint density at radius 2 is 1.97 bits per heavy atom. The van der Waals surface area contributed by atoms with Gasteiger partial charge in [0, 0.05) is 35.3 Å². The number of benzene rings is 2. The first-order valence-electron chi connectivity index (χ1n) is 12.4. The Hall–Kier alpha value is -4.04. The summed E-state index contributed by atoms with van der Waals surface area (Å²) in [5, 5.41) is 18.1. The molecule has 2 aromatic heterocycles. The molecule has 178 valence electrons. The smallest absolute Gasteiger partial charge is 0.325 e. The van der Waals surface area contributed by atoms with Gasteiger partial charge in [-0.15, -0.1) is 0 Å². The maximum absolute atomic E-state index is 13.0. The number of aromatic nitrogens is 3. The third-order valence-corrected chi connectivity index (χ3v) is 7.86.